The Kier molecular flexibility index (Phi) is 4.96. The SMILES string of the molecule is CCN(CCC#N)C(N)=NC1CCCC1. The van der Waals surface area contributed by atoms with E-state index in [9.17, 15) is 0 Å². The van der Waals surface area contributed by atoms with Crippen molar-refractivity contribution in [3.63, 3.8) is 0 Å². The zero-order valence-corrected chi connectivity index (χ0v) is 9.45. The maximum atomic E-state index is 8.52. The predicted octanol–water partition coefficient (Wildman–Crippen LogP) is 1.48. The van der Waals surface area contributed by atoms with Crippen LogP contribution in [0.25, 0.3) is 0 Å². The zero-order chi connectivity index (χ0) is 11.1. The van der Waals surface area contributed by atoms with E-state index in [1.807, 2.05) is 11.8 Å². The highest BCUT2D eigenvalue weighted by Gasteiger charge is 2.15. The minimum Gasteiger partial charge on any atom is -0.370 e. The fraction of sp³-hybridized carbons (Fsp3) is 0.818. The van der Waals surface area contributed by atoms with Crippen molar-refractivity contribution in [1.82, 2.24) is 4.90 Å². The second kappa shape index (κ2) is 6.28. The molecule has 0 spiro atoms. The quantitative estimate of drug-likeness (QED) is 0.562. The minimum absolute atomic E-state index is 0.418. The van der Waals surface area contributed by atoms with E-state index >= 15 is 0 Å². The summed E-state index contributed by atoms with van der Waals surface area (Å²) in [6.45, 7) is 3.55. The van der Waals surface area contributed by atoms with Crippen molar-refractivity contribution in [2.24, 2.45) is 10.7 Å². The molecule has 0 unspecified atom stereocenters. The van der Waals surface area contributed by atoms with Crippen LogP contribution in [0, 0.1) is 11.3 Å². The van der Waals surface area contributed by atoms with Crippen LogP contribution in [0.1, 0.15) is 39.0 Å². The van der Waals surface area contributed by atoms with Gasteiger partial charge in [-0.1, -0.05) is 12.8 Å². The average Bonchev–Trinajstić information content (AvgIpc) is 2.71. The number of aliphatic imine (C=N–C) groups is 1. The van der Waals surface area contributed by atoms with E-state index < -0.39 is 0 Å². The van der Waals surface area contributed by atoms with Gasteiger partial charge in [0.25, 0.3) is 0 Å². The molecule has 15 heavy (non-hydrogen) atoms. The first-order chi connectivity index (χ1) is 7.27. The molecule has 0 aromatic carbocycles. The molecule has 0 bridgehead atoms. The molecule has 4 nitrogen and oxygen atoms in total. The van der Waals surface area contributed by atoms with Gasteiger partial charge >= 0.3 is 0 Å². The van der Waals surface area contributed by atoms with Crippen molar-refractivity contribution >= 4 is 5.96 Å². The van der Waals surface area contributed by atoms with Crippen LogP contribution < -0.4 is 5.73 Å². The highest BCUT2D eigenvalue weighted by atomic mass is 15.2. The summed E-state index contributed by atoms with van der Waals surface area (Å²) < 4.78 is 0. The van der Waals surface area contributed by atoms with Gasteiger partial charge in [0.2, 0.25) is 0 Å². The number of hydrogen-bond donors (Lipinski definition) is 1. The van der Waals surface area contributed by atoms with Crippen molar-refractivity contribution in [3.8, 4) is 6.07 Å². The fourth-order valence-electron chi connectivity index (χ4n) is 1.92. The molecule has 0 radical (unpaired) electrons. The minimum atomic E-state index is 0.418. The third-order valence-electron chi connectivity index (χ3n) is 2.84. The van der Waals surface area contributed by atoms with E-state index in [2.05, 4.69) is 11.1 Å². The molecule has 1 fully saturated rings. The fourth-order valence-corrected chi connectivity index (χ4v) is 1.92. The van der Waals surface area contributed by atoms with Crippen LogP contribution in [0.3, 0.4) is 0 Å². The van der Waals surface area contributed by atoms with Crippen molar-refractivity contribution in [1.29, 1.82) is 5.26 Å². The summed E-state index contributed by atoms with van der Waals surface area (Å²) in [5.41, 5.74) is 5.92. The lowest BCUT2D eigenvalue weighted by Gasteiger charge is -2.21. The van der Waals surface area contributed by atoms with Crippen LogP contribution in [0.5, 0.6) is 0 Å². The van der Waals surface area contributed by atoms with Gasteiger partial charge < -0.3 is 10.6 Å². The van der Waals surface area contributed by atoms with Gasteiger partial charge in [-0.25, -0.2) is 4.99 Å². The normalized spacial score (nSPS) is 17.7. The first-order valence-electron chi connectivity index (χ1n) is 5.73. The van der Waals surface area contributed by atoms with E-state index in [1.165, 1.54) is 12.8 Å². The van der Waals surface area contributed by atoms with Crippen molar-refractivity contribution in [2.75, 3.05) is 13.1 Å². The van der Waals surface area contributed by atoms with Crippen LogP contribution in [0.15, 0.2) is 4.99 Å². The summed E-state index contributed by atoms with van der Waals surface area (Å²) in [5.74, 6) is 0.611. The van der Waals surface area contributed by atoms with Gasteiger partial charge in [0.1, 0.15) is 0 Å². The van der Waals surface area contributed by atoms with Crippen LogP contribution in [0.4, 0.5) is 0 Å². The first-order valence-corrected chi connectivity index (χ1v) is 5.73. The summed E-state index contributed by atoms with van der Waals surface area (Å²) in [5, 5.41) is 8.52. The lowest BCUT2D eigenvalue weighted by atomic mass is 10.3. The summed E-state index contributed by atoms with van der Waals surface area (Å²) in [7, 11) is 0. The Morgan fingerprint density at radius 2 is 2.20 bits per heavy atom. The van der Waals surface area contributed by atoms with Crippen LogP contribution in [-0.2, 0) is 0 Å². The molecule has 0 atom stereocenters. The molecule has 1 rings (SSSR count). The number of nitrogens with two attached hydrogens (primary N) is 1. The van der Waals surface area contributed by atoms with E-state index in [4.69, 9.17) is 11.0 Å². The van der Waals surface area contributed by atoms with Crippen LogP contribution in [-0.4, -0.2) is 30.0 Å². The molecule has 0 saturated heterocycles. The maximum absolute atomic E-state index is 8.52. The van der Waals surface area contributed by atoms with Gasteiger partial charge in [0, 0.05) is 13.1 Å². The molecule has 0 aromatic heterocycles. The summed E-state index contributed by atoms with van der Waals surface area (Å²) in [4.78, 5) is 6.48. The zero-order valence-electron chi connectivity index (χ0n) is 9.45. The Morgan fingerprint density at radius 1 is 1.53 bits per heavy atom. The summed E-state index contributed by atoms with van der Waals surface area (Å²) >= 11 is 0. The predicted molar refractivity (Wildman–Crippen MR) is 61.4 cm³/mol. The molecule has 0 heterocycles. The lowest BCUT2D eigenvalue weighted by Crippen LogP contribution is -2.38. The Balaban J connectivity index is 2.47. The molecular formula is C11H20N4. The highest BCUT2D eigenvalue weighted by Crippen LogP contribution is 2.20. The Morgan fingerprint density at radius 3 is 2.73 bits per heavy atom. The molecule has 1 saturated carbocycles. The molecule has 0 amide bonds. The van der Waals surface area contributed by atoms with E-state index in [-0.39, 0.29) is 0 Å². The summed E-state index contributed by atoms with van der Waals surface area (Å²) in [6, 6.07) is 2.55. The highest BCUT2D eigenvalue weighted by molar-refractivity contribution is 5.78. The average molecular weight is 208 g/mol. The molecule has 4 heteroatoms. The van der Waals surface area contributed by atoms with Gasteiger partial charge in [-0.2, -0.15) is 5.26 Å². The van der Waals surface area contributed by atoms with E-state index in [1.54, 1.807) is 0 Å². The number of nitrogens with zero attached hydrogens (tertiary/aromatic N) is 3. The van der Waals surface area contributed by atoms with Gasteiger partial charge in [-0.15, -0.1) is 0 Å². The third kappa shape index (κ3) is 3.78. The Hall–Kier alpha value is -1.24. The molecule has 1 aliphatic carbocycles. The van der Waals surface area contributed by atoms with Crippen molar-refractivity contribution in [2.45, 2.75) is 45.1 Å². The lowest BCUT2D eigenvalue weighted by molar-refractivity contribution is 0.440. The van der Waals surface area contributed by atoms with E-state index in [0.717, 1.165) is 19.4 Å². The van der Waals surface area contributed by atoms with E-state index in [0.29, 0.717) is 25.0 Å². The second-order valence-electron chi connectivity index (χ2n) is 3.91. The monoisotopic (exact) mass is 208 g/mol. The van der Waals surface area contributed by atoms with Gasteiger partial charge in [0.05, 0.1) is 18.5 Å². The largest absolute Gasteiger partial charge is 0.370 e. The van der Waals surface area contributed by atoms with Gasteiger partial charge in [-0.3, -0.25) is 0 Å². The van der Waals surface area contributed by atoms with Crippen LogP contribution >= 0.6 is 0 Å². The first kappa shape index (κ1) is 11.8. The molecular weight excluding hydrogens is 188 g/mol. The van der Waals surface area contributed by atoms with Crippen molar-refractivity contribution < 1.29 is 0 Å². The number of guanidine groups is 1. The topological polar surface area (TPSA) is 65.4 Å². The maximum Gasteiger partial charge on any atom is 0.191 e. The molecule has 2 N–H and O–H groups in total. The molecule has 1 aliphatic rings. The second-order valence-corrected chi connectivity index (χ2v) is 3.91. The van der Waals surface area contributed by atoms with Gasteiger partial charge in [0.15, 0.2) is 5.96 Å². The summed E-state index contributed by atoms with van der Waals surface area (Å²) in [6.07, 6.45) is 5.37. The molecule has 0 aliphatic heterocycles. The van der Waals surface area contributed by atoms with Gasteiger partial charge in [-0.05, 0) is 19.8 Å². The number of nitriles is 1. The molecule has 84 valence electrons. The van der Waals surface area contributed by atoms with Crippen molar-refractivity contribution in [3.05, 3.63) is 0 Å². The molecule has 0 aromatic rings. The Bertz CT molecular complexity index is 248. The third-order valence-corrected chi connectivity index (χ3v) is 2.84. The number of rotatable bonds is 4. The number of hydrogen-bond acceptors (Lipinski definition) is 2. The smallest absolute Gasteiger partial charge is 0.191 e. The van der Waals surface area contributed by atoms with Crippen LogP contribution in [0.2, 0.25) is 0 Å². The Labute approximate surface area is 91.8 Å². The standard InChI is InChI=1S/C11H20N4/c1-2-15(9-5-8-12)11(13)14-10-6-3-4-7-10/h10H,2-7,9H2,1H3,(H2,13,14).